The molecule has 2 aromatic carbocycles. The molecule has 2 aromatic rings. The fourth-order valence-corrected chi connectivity index (χ4v) is 3.70. The summed E-state index contributed by atoms with van der Waals surface area (Å²) in [5.74, 6) is -1.33. The fourth-order valence-electron chi connectivity index (χ4n) is 2.44. The Morgan fingerprint density at radius 1 is 1.07 bits per heavy atom. The van der Waals surface area contributed by atoms with Crippen LogP contribution in [0.25, 0.3) is 0 Å². The first-order valence-corrected chi connectivity index (χ1v) is 10.0. The van der Waals surface area contributed by atoms with Crippen LogP contribution in [0.15, 0.2) is 53.4 Å². The number of methoxy groups -OCH3 is 1. The van der Waals surface area contributed by atoms with Crippen molar-refractivity contribution in [1.82, 2.24) is 4.72 Å². The molecule has 0 bridgehead atoms. The summed E-state index contributed by atoms with van der Waals surface area (Å²) in [5.41, 5.74) is -0.529. The largest absolute Gasteiger partial charge is 0.465 e. The molecule has 0 aliphatic heterocycles. The van der Waals surface area contributed by atoms with Gasteiger partial charge in [-0.15, -0.1) is 0 Å². The number of halogens is 3. The van der Waals surface area contributed by atoms with Gasteiger partial charge in [-0.3, -0.25) is 4.79 Å². The third-order valence-electron chi connectivity index (χ3n) is 3.85. The lowest BCUT2D eigenvalue weighted by Gasteiger charge is -2.13. The number of hydrogen-bond donors (Lipinski definition) is 1. The zero-order valence-electron chi connectivity index (χ0n) is 15.7. The van der Waals surface area contributed by atoms with Crippen molar-refractivity contribution in [3.63, 3.8) is 0 Å². The molecule has 0 unspecified atom stereocenters. The highest BCUT2D eigenvalue weighted by molar-refractivity contribution is 7.89. The second-order valence-corrected chi connectivity index (χ2v) is 7.73. The zero-order valence-corrected chi connectivity index (χ0v) is 16.5. The van der Waals surface area contributed by atoms with Crippen molar-refractivity contribution >= 4 is 22.0 Å². The molecule has 11 heteroatoms. The van der Waals surface area contributed by atoms with E-state index in [1.807, 2.05) is 4.72 Å². The molecule has 0 amide bonds. The Balaban J connectivity index is 1.91. The number of nitrogens with one attached hydrogen (secondary N) is 1. The molecule has 0 fully saturated rings. The van der Waals surface area contributed by atoms with Crippen molar-refractivity contribution in [2.45, 2.75) is 24.1 Å². The molecule has 0 aliphatic carbocycles. The predicted octanol–water partition coefficient (Wildman–Crippen LogP) is 2.90. The highest BCUT2D eigenvalue weighted by Crippen LogP contribution is 2.33. The predicted molar refractivity (Wildman–Crippen MR) is 98.8 cm³/mol. The standard InChI is InChI=1S/C19H18F3NO6S/c1-28-18(25)14-6-4-5-13(11-14)12-29-17(24)9-10-23-30(26,27)16-8-3-2-7-15(16)19(20,21)22/h2-8,11,23H,9-10,12H2,1H3. The molecule has 0 aromatic heterocycles. The van der Waals surface area contributed by atoms with Crippen LogP contribution in [-0.4, -0.2) is 34.0 Å². The van der Waals surface area contributed by atoms with Gasteiger partial charge in [0.2, 0.25) is 10.0 Å². The molecule has 2 rings (SSSR count). The van der Waals surface area contributed by atoms with Gasteiger partial charge in [0.25, 0.3) is 0 Å². The Bertz CT molecular complexity index is 1020. The fraction of sp³-hybridized carbons (Fsp3) is 0.263. The average Bonchev–Trinajstić information content (AvgIpc) is 2.71. The topological polar surface area (TPSA) is 98.8 Å². The molecule has 0 heterocycles. The Morgan fingerprint density at radius 2 is 1.77 bits per heavy atom. The second kappa shape index (κ2) is 9.72. The van der Waals surface area contributed by atoms with E-state index in [0.29, 0.717) is 11.6 Å². The molecular formula is C19H18F3NO6S. The van der Waals surface area contributed by atoms with Crippen molar-refractivity contribution in [2.75, 3.05) is 13.7 Å². The second-order valence-electron chi connectivity index (χ2n) is 5.99. The van der Waals surface area contributed by atoms with Crippen LogP contribution in [-0.2, 0) is 37.1 Å². The molecule has 0 saturated heterocycles. The van der Waals surface area contributed by atoms with Gasteiger partial charge in [-0.05, 0) is 29.8 Å². The van der Waals surface area contributed by atoms with E-state index in [2.05, 4.69) is 4.74 Å². The summed E-state index contributed by atoms with van der Waals surface area (Å²) in [4.78, 5) is 22.4. The van der Waals surface area contributed by atoms with Crippen LogP contribution in [0.4, 0.5) is 13.2 Å². The first-order valence-electron chi connectivity index (χ1n) is 8.53. The van der Waals surface area contributed by atoms with Gasteiger partial charge in [-0.2, -0.15) is 13.2 Å². The number of carbonyl (C=O) groups is 2. The van der Waals surface area contributed by atoms with Crippen molar-refractivity contribution in [3.8, 4) is 0 Å². The maximum absolute atomic E-state index is 13.0. The molecule has 0 atom stereocenters. The minimum atomic E-state index is -4.84. The highest BCUT2D eigenvalue weighted by atomic mass is 32.2. The number of hydrogen-bond acceptors (Lipinski definition) is 6. The average molecular weight is 445 g/mol. The Labute approximate surface area is 170 Å². The van der Waals surface area contributed by atoms with Crippen molar-refractivity contribution < 1.29 is 40.7 Å². The minimum absolute atomic E-state index is 0.173. The third-order valence-corrected chi connectivity index (χ3v) is 5.37. The molecule has 0 aliphatic rings. The van der Waals surface area contributed by atoms with Gasteiger partial charge in [0.15, 0.2) is 0 Å². The van der Waals surface area contributed by atoms with E-state index in [0.717, 1.165) is 12.1 Å². The summed E-state index contributed by atoms with van der Waals surface area (Å²) < 4.78 is 74.9. The molecule has 1 N–H and O–H groups in total. The van der Waals surface area contributed by atoms with E-state index in [4.69, 9.17) is 4.74 Å². The Kier molecular flexibility index (Phi) is 7.57. The molecule has 30 heavy (non-hydrogen) atoms. The molecular weight excluding hydrogens is 427 g/mol. The van der Waals surface area contributed by atoms with Crippen LogP contribution in [0.1, 0.15) is 27.9 Å². The number of esters is 2. The highest BCUT2D eigenvalue weighted by Gasteiger charge is 2.36. The number of benzene rings is 2. The van der Waals surface area contributed by atoms with Gasteiger partial charge in [0.1, 0.15) is 6.61 Å². The summed E-state index contributed by atoms with van der Waals surface area (Å²) in [5, 5.41) is 0. The van der Waals surface area contributed by atoms with E-state index >= 15 is 0 Å². The first kappa shape index (κ1) is 23.4. The smallest absolute Gasteiger partial charge is 0.417 e. The summed E-state index contributed by atoms with van der Waals surface area (Å²) in [6.45, 7) is -0.622. The van der Waals surface area contributed by atoms with Crippen molar-refractivity contribution in [1.29, 1.82) is 0 Å². The van der Waals surface area contributed by atoms with E-state index in [9.17, 15) is 31.2 Å². The van der Waals surface area contributed by atoms with Crippen LogP contribution in [0.3, 0.4) is 0 Å². The Hall–Kier alpha value is -2.92. The van der Waals surface area contributed by atoms with Gasteiger partial charge in [0.05, 0.1) is 29.6 Å². The van der Waals surface area contributed by atoms with Crippen LogP contribution < -0.4 is 4.72 Å². The van der Waals surface area contributed by atoms with Crippen LogP contribution in [0, 0.1) is 0 Å². The normalized spacial score (nSPS) is 11.7. The molecule has 0 spiro atoms. The maximum Gasteiger partial charge on any atom is 0.417 e. The Morgan fingerprint density at radius 3 is 2.43 bits per heavy atom. The van der Waals surface area contributed by atoms with Gasteiger partial charge in [0, 0.05) is 6.54 Å². The lowest BCUT2D eigenvalue weighted by Crippen LogP contribution is -2.28. The lowest BCUT2D eigenvalue weighted by molar-refractivity contribution is -0.144. The molecule has 0 radical (unpaired) electrons. The van der Waals surface area contributed by atoms with Crippen molar-refractivity contribution in [2.24, 2.45) is 0 Å². The molecule has 7 nitrogen and oxygen atoms in total. The van der Waals surface area contributed by atoms with E-state index in [1.54, 1.807) is 12.1 Å². The first-order chi connectivity index (χ1) is 14.0. The minimum Gasteiger partial charge on any atom is -0.465 e. The van der Waals surface area contributed by atoms with Crippen LogP contribution >= 0.6 is 0 Å². The van der Waals surface area contributed by atoms with Gasteiger partial charge < -0.3 is 9.47 Å². The third kappa shape index (κ3) is 6.29. The number of carbonyl (C=O) groups excluding carboxylic acids is 2. The van der Waals surface area contributed by atoms with Gasteiger partial charge >= 0.3 is 18.1 Å². The lowest BCUT2D eigenvalue weighted by atomic mass is 10.1. The number of alkyl halides is 3. The van der Waals surface area contributed by atoms with E-state index < -0.39 is 51.6 Å². The van der Waals surface area contributed by atoms with Gasteiger partial charge in [-0.1, -0.05) is 24.3 Å². The van der Waals surface area contributed by atoms with E-state index in [1.165, 1.54) is 25.3 Å². The van der Waals surface area contributed by atoms with Gasteiger partial charge in [-0.25, -0.2) is 17.9 Å². The summed E-state index contributed by atoms with van der Waals surface area (Å²) in [6, 6.07) is 9.90. The SMILES string of the molecule is COC(=O)c1cccc(COC(=O)CCNS(=O)(=O)c2ccccc2C(F)(F)F)c1. The molecule has 162 valence electrons. The maximum atomic E-state index is 13.0. The molecule has 0 saturated carbocycles. The van der Waals surface area contributed by atoms with Crippen LogP contribution in [0.5, 0.6) is 0 Å². The zero-order chi connectivity index (χ0) is 22.4. The number of ether oxygens (including phenoxy) is 2. The summed E-state index contributed by atoms with van der Waals surface area (Å²) >= 11 is 0. The number of rotatable bonds is 8. The number of sulfonamides is 1. The summed E-state index contributed by atoms with van der Waals surface area (Å²) in [7, 11) is -3.26. The quantitative estimate of drug-likeness (QED) is 0.628. The van der Waals surface area contributed by atoms with E-state index in [-0.39, 0.29) is 12.2 Å². The monoisotopic (exact) mass is 445 g/mol. The van der Waals surface area contributed by atoms with Crippen molar-refractivity contribution in [3.05, 3.63) is 65.2 Å². The summed E-state index contributed by atoms with van der Waals surface area (Å²) in [6.07, 6.45) is -5.24. The van der Waals surface area contributed by atoms with Crippen LogP contribution in [0.2, 0.25) is 0 Å².